The number of carbonyl (C=O) groups excluding carboxylic acids is 1. The van der Waals surface area contributed by atoms with Gasteiger partial charge in [-0.2, -0.15) is 0 Å². The van der Waals surface area contributed by atoms with E-state index in [1.54, 1.807) is 0 Å². The Morgan fingerprint density at radius 2 is 2.19 bits per heavy atom. The van der Waals surface area contributed by atoms with Crippen molar-refractivity contribution < 1.29 is 9.53 Å². The summed E-state index contributed by atoms with van der Waals surface area (Å²) < 4.78 is 5.49. The molecule has 0 bridgehead atoms. The molecule has 2 rings (SSSR count). The van der Waals surface area contributed by atoms with Crippen LogP contribution in [0.3, 0.4) is 0 Å². The maximum atomic E-state index is 12.1. The Labute approximate surface area is 126 Å². The molecule has 21 heavy (non-hydrogen) atoms. The molecule has 1 heterocycles. The Morgan fingerprint density at radius 3 is 2.86 bits per heavy atom. The van der Waals surface area contributed by atoms with Gasteiger partial charge in [0.15, 0.2) is 0 Å². The first-order valence-corrected chi connectivity index (χ1v) is 7.64. The maximum Gasteiger partial charge on any atom is 0.238 e. The van der Waals surface area contributed by atoms with Gasteiger partial charge in [-0.25, -0.2) is 0 Å². The number of nitrogens with one attached hydrogen (secondary N) is 1. The van der Waals surface area contributed by atoms with Crippen molar-refractivity contribution in [2.75, 3.05) is 38.1 Å². The predicted octanol–water partition coefficient (Wildman–Crippen LogP) is 1.24. The Morgan fingerprint density at radius 1 is 1.43 bits per heavy atom. The molecule has 0 aliphatic carbocycles. The molecule has 1 aromatic carbocycles. The topological polar surface area (TPSA) is 67.6 Å². The maximum absolute atomic E-state index is 12.1. The predicted molar refractivity (Wildman–Crippen MR) is 84.3 cm³/mol. The van der Waals surface area contributed by atoms with E-state index in [2.05, 4.69) is 29.3 Å². The number of hydrogen-bond acceptors (Lipinski definition) is 4. The molecule has 5 heteroatoms. The number of ether oxygens (including phenoxy) is 1. The van der Waals surface area contributed by atoms with Crippen LogP contribution in [0.15, 0.2) is 24.3 Å². The molecule has 0 radical (unpaired) electrons. The fourth-order valence-corrected chi connectivity index (χ4v) is 2.51. The van der Waals surface area contributed by atoms with Crippen molar-refractivity contribution in [3.8, 4) is 0 Å². The number of carbonyl (C=O) groups is 1. The molecule has 3 N–H and O–H groups in total. The Hall–Kier alpha value is -1.43. The molecule has 1 saturated heterocycles. The van der Waals surface area contributed by atoms with Crippen LogP contribution in [0.5, 0.6) is 0 Å². The average molecular weight is 291 g/mol. The van der Waals surface area contributed by atoms with E-state index in [-0.39, 0.29) is 12.0 Å². The van der Waals surface area contributed by atoms with Crippen molar-refractivity contribution in [3.05, 3.63) is 29.8 Å². The van der Waals surface area contributed by atoms with E-state index in [9.17, 15) is 4.79 Å². The number of rotatable bonds is 6. The number of hydrogen-bond donors (Lipinski definition) is 2. The van der Waals surface area contributed by atoms with Crippen molar-refractivity contribution in [1.82, 2.24) is 4.90 Å². The molecule has 5 nitrogen and oxygen atoms in total. The zero-order chi connectivity index (χ0) is 15.1. The van der Waals surface area contributed by atoms with Crippen molar-refractivity contribution >= 4 is 11.6 Å². The standard InChI is InChI=1S/C16H25N3O2/c1-2-3-13-4-6-14(7-5-13)18-16(20)12-19-8-9-21-15(10-17)11-19/h4-7,15H,2-3,8-12,17H2,1H3,(H,18,20). The van der Waals surface area contributed by atoms with Gasteiger partial charge in [0.2, 0.25) is 5.91 Å². The lowest BCUT2D eigenvalue weighted by Gasteiger charge is -2.31. The third-order valence-corrected chi connectivity index (χ3v) is 3.63. The minimum absolute atomic E-state index is 0.0101. The van der Waals surface area contributed by atoms with E-state index in [1.807, 2.05) is 12.1 Å². The van der Waals surface area contributed by atoms with E-state index in [0.29, 0.717) is 19.7 Å². The van der Waals surface area contributed by atoms with Gasteiger partial charge in [0.25, 0.3) is 0 Å². The van der Waals surface area contributed by atoms with Crippen LogP contribution in [0, 0.1) is 0 Å². The van der Waals surface area contributed by atoms with Crippen molar-refractivity contribution in [2.45, 2.75) is 25.9 Å². The summed E-state index contributed by atoms with van der Waals surface area (Å²) in [4.78, 5) is 14.1. The molecule has 1 unspecified atom stereocenters. The second-order valence-electron chi connectivity index (χ2n) is 5.46. The molecule has 116 valence electrons. The fraction of sp³-hybridized carbons (Fsp3) is 0.562. The Kier molecular flexibility index (Phi) is 6.17. The van der Waals surface area contributed by atoms with Crippen LogP contribution < -0.4 is 11.1 Å². The number of nitrogens with two attached hydrogens (primary N) is 1. The van der Waals surface area contributed by atoms with Gasteiger partial charge >= 0.3 is 0 Å². The van der Waals surface area contributed by atoms with Gasteiger partial charge in [-0.1, -0.05) is 25.5 Å². The highest BCUT2D eigenvalue weighted by molar-refractivity contribution is 5.92. The zero-order valence-corrected chi connectivity index (χ0v) is 12.7. The third kappa shape index (κ3) is 5.12. The van der Waals surface area contributed by atoms with E-state index in [0.717, 1.165) is 31.6 Å². The Bertz CT molecular complexity index is 447. The summed E-state index contributed by atoms with van der Waals surface area (Å²) in [6.07, 6.45) is 2.24. The van der Waals surface area contributed by atoms with Crippen LogP contribution in [-0.2, 0) is 16.0 Å². The number of morpholine rings is 1. The normalized spacial score (nSPS) is 19.4. The summed E-state index contributed by atoms with van der Waals surface area (Å²) in [6.45, 7) is 5.18. The van der Waals surface area contributed by atoms with Crippen molar-refractivity contribution in [1.29, 1.82) is 0 Å². The summed E-state index contributed by atoms with van der Waals surface area (Å²) in [5, 5.41) is 2.94. The fourth-order valence-electron chi connectivity index (χ4n) is 2.51. The molecule has 0 spiro atoms. The highest BCUT2D eigenvalue weighted by Crippen LogP contribution is 2.11. The summed E-state index contributed by atoms with van der Waals surface area (Å²) in [5.41, 5.74) is 7.76. The van der Waals surface area contributed by atoms with Crippen molar-refractivity contribution in [2.24, 2.45) is 5.73 Å². The number of aryl methyl sites for hydroxylation is 1. The van der Waals surface area contributed by atoms with Crippen LogP contribution in [0.1, 0.15) is 18.9 Å². The first-order valence-electron chi connectivity index (χ1n) is 7.64. The van der Waals surface area contributed by atoms with Crippen LogP contribution in [0.2, 0.25) is 0 Å². The zero-order valence-electron chi connectivity index (χ0n) is 12.7. The molecule has 1 fully saturated rings. The van der Waals surface area contributed by atoms with Gasteiger partial charge < -0.3 is 15.8 Å². The van der Waals surface area contributed by atoms with E-state index in [4.69, 9.17) is 10.5 Å². The molecule has 1 aliphatic rings. The minimum Gasteiger partial charge on any atom is -0.374 e. The third-order valence-electron chi connectivity index (χ3n) is 3.63. The van der Waals surface area contributed by atoms with E-state index >= 15 is 0 Å². The second-order valence-corrected chi connectivity index (χ2v) is 5.46. The molecule has 1 aliphatic heterocycles. The number of nitrogens with zero attached hydrogens (tertiary/aromatic N) is 1. The lowest BCUT2D eigenvalue weighted by molar-refractivity contribution is -0.119. The van der Waals surface area contributed by atoms with Crippen LogP contribution in [-0.4, -0.2) is 49.7 Å². The summed E-state index contributed by atoms with van der Waals surface area (Å²) in [5.74, 6) is 0.0101. The molecule has 1 amide bonds. The summed E-state index contributed by atoms with van der Waals surface area (Å²) in [7, 11) is 0. The smallest absolute Gasteiger partial charge is 0.238 e. The van der Waals surface area contributed by atoms with Crippen LogP contribution in [0.4, 0.5) is 5.69 Å². The van der Waals surface area contributed by atoms with Crippen LogP contribution in [0.25, 0.3) is 0 Å². The van der Waals surface area contributed by atoms with Gasteiger partial charge in [-0.15, -0.1) is 0 Å². The highest BCUT2D eigenvalue weighted by Gasteiger charge is 2.20. The Balaban J connectivity index is 1.81. The SMILES string of the molecule is CCCc1ccc(NC(=O)CN2CCOC(CN)C2)cc1. The van der Waals surface area contributed by atoms with Gasteiger partial charge in [-0.3, -0.25) is 9.69 Å². The van der Waals surface area contributed by atoms with Gasteiger partial charge in [0.05, 0.1) is 19.3 Å². The number of benzene rings is 1. The monoisotopic (exact) mass is 291 g/mol. The number of anilines is 1. The van der Waals surface area contributed by atoms with Gasteiger partial charge in [0.1, 0.15) is 0 Å². The van der Waals surface area contributed by atoms with E-state index in [1.165, 1.54) is 5.56 Å². The van der Waals surface area contributed by atoms with E-state index < -0.39 is 0 Å². The molecule has 1 atom stereocenters. The summed E-state index contributed by atoms with van der Waals surface area (Å²) in [6, 6.07) is 8.06. The lowest BCUT2D eigenvalue weighted by Crippen LogP contribution is -2.48. The average Bonchev–Trinajstić information content (AvgIpc) is 2.49. The highest BCUT2D eigenvalue weighted by atomic mass is 16.5. The van der Waals surface area contributed by atoms with Crippen molar-refractivity contribution in [3.63, 3.8) is 0 Å². The van der Waals surface area contributed by atoms with Gasteiger partial charge in [-0.05, 0) is 24.1 Å². The number of amides is 1. The molecule has 0 saturated carbocycles. The molecule has 0 aromatic heterocycles. The first-order chi connectivity index (χ1) is 10.2. The van der Waals surface area contributed by atoms with Gasteiger partial charge in [0, 0.05) is 25.3 Å². The first kappa shape index (κ1) is 15.9. The van der Waals surface area contributed by atoms with Crippen LogP contribution >= 0.6 is 0 Å². The molecular weight excluding hydrogens is 266 g/mol. The second kappa shape index (κ2) is 8.12. The quantitative estimate of drug-likeness (QED) is 0.827. The molecular formula is C16H25N3O2. The summed E-state index contributed by atoms with van der Waals surface area (Å²) >= 11 is 0. The largest absolute Gasteiger partial charge is 0.374 e. The molecule has 1 aromatic rings. The minimum atomic E-state index is 0.0101. The lowest BCUT2D eigenvalue weighted by atomic mass is 10.1.